The Balaban J connectivity index is 1.63. The lowest BCUT2D eigenvalue weighted by Gasteiger charge is -2.14. The summed E-state index contributed by atoms with van der Waals surface area (Å²) >= 11 is 0. The molecule has 9 nitrogen and oxygen atoms in total. The number of aromatic nitrogens is 2. The minimum Gasteiger partial charge on any atom is -0.453 e. The zero-order chi connectivity index (χ0) is 24.3. The highest BCUT2D eigenvalue weighted by Gasteiger charge is 2.21. The van der Waals surface area contributed by atoms with Gasteiger partial charge in [0.2, 0.25) is 10.0 Å². The molecule has 176 valence electrons. The van der Waals surface area contributed by atoms with E-state index in [1.54, 1.807) is 23.7 Å². The van der Waals surface area contributed by atoms with Crippen LogP contribution in [0, 0.1) is 5.82 Å². The van der Waals surface area contributed by atoms with E-state index in [1.807, 2.05) is 0 Å². The number of fused-ring (bicyclic) bond motifs is 1. The van der Waals surface area contributed by atoms with Gasteiger partial charge in [0.25, 0.3) is 5.91 Å². The van der Waals surface area contributed by atoms with Gasteiger partial charge in [-0.05, 0) is 37.3 Å². The van der Waals surface area contributed by atoms with Gasteiger partial charge in [0.15, 0.2) is 6.10 Å². The van der Waals surface area contributed by atoms with Gasteiger partial charge >= 0.3 is 5.97 Å². The zero-order valence-electron chi connectivity index (χ0n) is 18.7. The number of imidazole rings is 1. The molecule has 0 saturated heterocycles. The number of nitrogens with zero attached hydrogens (tertiary/aromatic N) is 3. The second-order valence-electron chi connectivity index (χ2n) is 7.63. The molecule has 0 saturated carbocycles. The molecule has 1 unspecified atom stereocenters. The standard InChI is InChI=1S/C22H25FN4O5S/c1-14(22(29)25-17-8-6-5-7-16(17)23)32-21(28)12-11-20-24-18-13-15(33(30,31)26(2)3)9-10-19(18)27(20)4/h5-10,13-14H,11-12H2,1-4H3,(H,25,29). The van der Waals surface area contributed by atoms with Crippen LogP contribution in [0.2, 0.25) is 0 Å². The number of amides is 1. The lowest BCUT2D eigenvalue weighted by atomic mass is 10.2. The largest absolute Gasteiger partial charge is 0.453 e. The Hall–Kier alpha value is -3.31. The van der Waals surface area contributed by atoms with Gasteiger partial charge in [0.05, 0.1) is 28.0 Å². The molecule has 3 rings (SSSR count). The minimum absolute atomic E-state index is 0.000694. The number of esters is 1. The summed E-state index contributed by atoms with van der Waals surface area (Å²) in [6.07, 6.45) is -0.935. The first kappa shape index (κ1) is 24.3. The van der Waals surface area contributed by atoms with Crippen LogP contribution >= 0.6 is 0 Å². The fourth-order valence-corrected chi connectivity index (χ4v) is 4.07. The molecule has 0 radical (unpaired) electrons. The molecule has 1 aromatic heterocycles. The molecular formula is C22H25FN4O5S. The molecule has 0 fully saturated rings. The maximum Gasteiger partial charge on any atom is 0.307 e. The normalized spacial score (nSPS) is 12.7. The number of sulfonamides is 1. The van der Waals surface area contributed by atoms with Crippen LogP contribution in [0.15, 0.2) is 47.4 Å². The zero-order valence-corrected chi connectivity index (χ0v) is 19.5. The number of benzene rings is 2. The van der Waals surface area contributed by atoms with Gasteiger partial charge in [-0.2, -0.15) is 0 Å². The number of nitrogens with one attached hydrogen (secondary N) is 1. The van der Waals surface area contributed by atoms with Crippen LogP contribution in [-0.2, 0) is 37.8 Å². The maximum atomic E-state index is 13.7. The van der Waals surface area contributed by atoms with Gasteiger partial charge in [-0.1, -0.05) is 12.1 Å². The predicted octanol–water partition coefficient (Wildman–Crippen LogP) is 2.47. The van der Waals surface area contributed by atoms with E-state index >= 15 is 0 Å². The van der Waals surface area contributed by atoms with Crippen molar-refractivity contribution in [3.05, 3.63) is 54.1 Å². The molecular weight excluding hydrogens is 451 g/mol. The maximum absolute atomic E-state index is 13.7. The summed E-state index contributed by atoms with van der Waals surface area (Å²) in [6, 6.07) is 10.3. The van der Waals surface area contributed by atoms with Gasteiger partial charge in [-0.25, -0.2) is 22.1 Å². The SMILES string of the molecule is CC(OC(=O)CCc1nc2cc(S(=O)(=O)N(C)C)ccc2n1C)C(=O)Nc1ccccc1F. The lowest BCUT2D eigenvalue weighted by molar-refractivity contribution is -0.153. The number of para-hydroxylation sites is 1. The quantitative estimate of drug-likeness (QED) is 0.500. The smallest absolute Gasteiger partial charge is 0.307 e. The highest BCUT2D eigenvalue weighted by atomic mass is 32.2. The monoisotopic (exact) mass is 476 g/mol. The third-order valence-electron chi connectivity index (χ3n) is 5.09. The first-order chi connectivity index (χ1) is 15.5. The number of rotatable bonds is 8. The average Bonchev–Trinajstić information content (AvgIpc) is 3.08. The van der Waals surface area contributed by atoms with Crippen molar-refractivity contribution in [2.75, 3.05) is 19.4 Å². The van der Waals surface area contributed by atoms with E-state index in [9.17, 15) is 22.4 Å². The van der Waals surface area contributed by atoms with E-state index in [0.717, 1.165) is 4.31 Å². The van der Waals surface area contributed by atoms with Gasteiger partial charge in [-0.15, -0.1) is 0 Å². The number of halogens is 1. The number of hydrogen-bond acceptors (Lipinski definition) is 6. The van der Waals surface area contributed by atoms with Crippen molar-refractivity contribution < 1.29 is 27.1 Å². The van der Waals surface area contributed by atoms with Crippen LogP contribution in [0.3, 0.4) is 0 Å². The van der Waals surface area contributed by atoms with Gasteiger partial charge in [0, 0.05) is 27.6 Å². The van der Waals surface area contributed by atoms with Crippen molar-refractivity contribution in [1.82, 2.24) is 13.9 Å². The van der Waals surface area contributed by atoms with Crippen molar-refractivity contribution in [3.8, 4) is 0 Å². The van der Waals surface area contributed by atoms with Gasteiger partial charge in [-0.3, -0.25) is 9.59 Å². The van der Waals surface area contributed by atoms with E-state index in [0.29, 0.717) is 16.9 Å². The van der Waals surface area contributed by atoms with Crippen LogP contribution in [0.1, 0.15) is 19.2 Å². The Labute approximate surface area is 191 Å². The third kappa shape index (κ3) is 5.37. The Kier molecular flexibility index (Phi) is 7.13. The summed E-state index contributed by atoms with van der Waals surface area (Å²) < 4.78 is 46.4. The van der Waals surface area contributed by atoms with Gasteiger partial charge in [0.1, 0.15) is 11.6 Å². The average molecular weight is 477 g/mol. The lowest BCUT2D eigenvalue weighted by Crippen LogP contribution is -2.30. The molecule has 1 amide bonds. The molecule has 1 N–H and O–H groups in total. The number of anilines is 1. The van der Waals surface area contributed by atoms with E-state index in [4.69, 9.17) is 4.74 Å². The molecule has 0 aliphatic rings. The highest BCUT2D eigenvalue weighted by molar-refractivity contribution is 7.89. The predicted molar refractivity (Wildman–Crippen MR) is 120 cm³/mol. The number of carbonyl (C=O) groups is 2. The summed E-state index contributed by atoms with van der Waals surface area (Å²) in [7, 11) is 1.07. The molecule has 1 atom stereocenters. The summed E-state index contributed by atoms with van der Waals surface area (Å²) in [5.41, 5.74) is 1.20. The van der Waals surface area contributed by atoms with Crippen molar-refractivity contribution in [3.63, 3.8) is 0 Å². The van der Waals surface area contributed by atoms with Crippen LogP contribution < -0.4 is 5.32 Å². The van der Waals surface area contributed by atoms with Crippen molar-refractivity contribution >= 4 is 38.6 Å². The highest BCUT2D eigenvalue weighted by Crippen LogP contribution is 2.22. The van der Waals surface area contributed by atoms with Crippen molar-refractivity contribution in [2.24, 2.45) is 7.05 Å². The molecule has 33 heavy (non-hydrogen) atoms. The number of aryl methyl sites for hydroxylation is 2. The first-order valence-corrected chi connectivity index (χ1v) is 11.6. The van der Waals surface area contributed by atoms with E-state index < -0.39 is 33.8 Å². The van der Waals surface area contributed by atoms with Crippen LogP contribution in [0.4, 0.5) is 10.1 Å². The molecule has 0 spiro atoms. The van der Waals surface area contributed by atoms with Crippen molar-refractivity contribution in [2.45, 2.75) is 30.8 Å². The second kappa shape index (κ2) is 9.67. The minimum atomic E-state index is -3.60. The molecule has 1 heterocycles. The van der Waals surface area contributed by atoms with Gasteiger partial charge < -0.3 is 14.6 Å². The second-order valence-corrected chi connectivity index (χ2v) is 9.78. The number of carbonyl (C=O) groups excluding carboxylic acids is 2. The fourth-order valence-electron chi connectivity index (χ4n) is 3.14. The van der Waals surface area contributed by atoms with Crippen LogP contribution in [0.25, 0.3) is 11.0 Å². The molecule has 0 bridgehead atoms. The summed E-state index contributed by atoms with van der Waals surface area (Å²) in [6.45, 7) is 1.40. The Morgan fingerprint density at radius 1 is 1.21 bits per heavy atom. The summed E-state index contributed by atoms with van der Waals surface area (Å²) in [4.78, 5) is 29.0. The Morgan fingerprint density at radius 3 is 2.58 bits per heavy atom. The molecule has 2 aromatic carbocycles. The summed E-state index contributed by atoms with van der Waals surface area (Å²) in [5, 5.41) is 2.38. The first-order valence-electron chi connectivity index (χ1n) is 10.1. The van der Waals surface area contributed by atoms with Crippen LogP contribution in [0.5, 0.6) is 0 Å². The molecule has 0 aliphatic heterocycles. The topological polar surface area (TPSA) is 111 Å². The number of hydrogen-bond donors (Lipinski definition) is 1. The Bertz CT molecular complexity index is 1300. The third-order valence-corrected chi connectivity index (χ3v) is 6.90. The van der Waals surface area contributed by atoms with E-state index in [1.165, 1.54) is 51.4 Å². The molecule has 0 aliphatic carbocycles. The van der Waals surface area contributed by atoms with Crippen LogP contribution in [-0.4, -0.2) is 54.3 Å². The summed E-state index contributed by atoms with van der Waals surface area (Å²) in [5.74, 6) is -1.29. The fraction of sp³-hybridized carbons (Fsp3) is 0.318. The molecule has 11 heteroatoms. The van der Waals surface area contributed by atoms with E-state index in [-0.39, 0.29) is 23.4 Å². The van der Waals surface area contributed by atoms with Crippen molar-refractivity contribution in [1.29, 1.82) is 0 Å². The molecule has 3 aromatic rings. The number of ether oxygens (including phenoxy) is 1. The Morgan fingerprint density at radius 2 is 1.91 bits per heavy atom. The van der Waals surface area contributed by atoms with E-state index in [2.05, 4.69) is 10.3 Å².